The number of ether oxygens (including phenoxy) is 1. The Labute approximate surface area is 89.0 Å². The average Bonchev–Trinajstić information content (AvgIpc) is 2.85. The molecule has 0 aromatic carbocycles. The SMILES string of the molecule is CC(CN)c1noc(C2(C)CCCO2)n1. The molecule has 2 heterocycles. The summed E-state index contributed by atoms with van der Waals surface area (Å²) < 4.78 is 10.9. The van der Waals surface area contributed by atoms with Gasteiger partial charge >= 0.3 is 0 Å². The molecule has 0 saturated carbocycles. The zero-order chi connectivity index (χ0) is 10.9. The average molecular weight is 211 g/mol. The molecule has 1 aromatic rings. The number of aromatic nitrogens is 2. The van der Waals surface area contributed by atoms with Crippen LogP contribution >= 0.6 is 0 Å². The van der Waals surface area contributed by atoms with Crippen LogP contribution in [0.25, 0.3) is 0 Å². The summed E-state index contributed by atoms with van der Waals surface area (Å²) in [5, 5.41) is 3.93. The maximum absolute atomic E-state index is 5.63. The molecule has 2 N–H and O–H groups in total. The van der Waals surface area contributed by atoms with E-state index in [-0.39, 0.29) is 11.5 Å². The highest BCUT2D eigenvalue weighted by Crippen LogP contribution is 2.34. The molecular weight excluding hydrogens is 194 g/mol. The molecule has 0 bridgehead atoms. The minimum Gasteiger partial charge on any atom is -0.365 e. The molecule has 1 aliphatic rings. The Morgan fingerprint density at radius 3 is 3.00 bits per heavy atom. The maximum atomic E-state index is 5.63. The summed E-state index contributed by atoms with van der Waals surface area (Å²) in [7, 11) is 0. The molecule has 1 aromatic heterocycles. The van der Waals surface area contributed by atoms with Crippen molar-refractivity contribution in [3.8, 4) is 0 Å². The number of nitrogens with two attached hydrogens (primary N) is 1. The van der Waals surface area contributed by atoms with E-state index in [0.29, 0.717) is 18.3 Å². The van der Waals surface area contributed by atoms with Crippen molar-refractivity contribution in [3.63, 3.8) is 0 Å². The topological polar surface area (TPSA) is 74.2 Å². The fourth-order valence-electron chi connectivity index (χ4n) is 1.70. The number of rotatable bonds is 3. The Hall–Kier alpha value is -0.940. The molecule has 0 radical (unpaired) electrons. The summed E-state index contributed by atoms with van der Waals surface area (Å²) in [6.07, 6.45) is 1.98. The van der Waals surface area contributed by atoms with Crippen molar-refractivity contribution in [1.82, 2.24) is 10.1 Å². The molecule has 1 fully saturated rings. The summed E-state index contributed by atoms with van der Waals surface area (Å²) in [4.78, 5) is 4.35. The van der Waals surface area contributed by atoms with Crippen molar-refractivity contribution >= 4 is 0 Å². The quantitative estimate of drug-likeness (QED) is 0.812. The van der Waals surface area contributed by atoms with Gasteiger partial charge in [0.05, 0.1) is 0 Å². The maximum Gasteiger partial charge on any atom is 0.258 e. The van der Waals surface area contributed by atoms with Gasteiger partial charge in [-0.1, -0.05) is 12.1 Å². The number of nitrogens with zero attached hydrogens (tertiary/aromatic N) is 2. The Bertz CT molecular complexity index is 331. The molecule has 0 spiro atoms. The monoisotopic (exact) mass is 211 g/mol. The Balaban J connectivity index is 2.19. The minimum absolute atomic E-state index is 0.132. The van der Waals surface area contributed by atoms with Crippen LogP contribution in [-0.4, -0.2) is 23.3 Å². The smallest absolute Gasteiger partial charge is 0.258 e. The van der Waals surface area contributed by atoms with Crippen molar-refractivity contribution < 1.29 is 9.26 Å². The molecule has 1 aliphatic heterocycles. The lowest BCUT2D eigenvalue weighted by atomic mass is 10.0. The second-order valence-corrected chi connectivity index (χ2v) is 4.28. The van der Waals surface area contributed by atoms with Crippen LogP contribution in [0.4, 0.5) is 0 Å². The summed E-state index contributed by atoms with van der Waals surface area (Å²) in [6, 6.07) is 0. The highest BCUT2D eigenvalue weighted by molar-refractivity contribution is 5.02. The highest BCUT2D eigenvalue weighted by atomic mass is 16.5. The molecule has 0 amide bonds. The molecule has 0 aliphatic carbocycles. The van der Waals surface area contributed by atoms with E-state index < -0.39 is 0 Å². The van der Waals surface area contributed by atoms with E-state index in [9.17, 15) is 0 Å². The van der Waals surface area contributed by atoms with Gasteiger partial charge in [-0.2, -0.15) is 4.98 Å². The van der Waals surface area contributed by atoms with Gasteiger partial charge in [-0.15, -0.1) is 0 Å². The van der Waals surface area contributed by atoms with Gasteiger partial charge in [0.25, 0.3) is 5.89 Å². The van der Waals surface area contributed by atoms with Gasteiger partial charge in [0, 0.05) is 19.1 Å². The van der Waals surface area contributed by atoms with Gasteiger partial charge in [0.1, 0.15) is 5.60 Å². The van der Waals surface area contributed by atoms with Crippen LogP contribution in [0.15, 0.2) is 4.52 Å². The lowest BCUT2D eigenvalue weighted by Gasteiger charge is -2.17. The number of hydrogen-bond acceptors (Lipinski definition) is 5. The molecule has 84 valence electrons. The van der Waals surface area contributed by atoms with Crippen LogP contribution in [0.5, 0.6) is 0 Å². The summed E-state index contributed by atoms with van der Waals surface area (Å²) in [5.74, 6) is 1.38. The van der Waals surface area contributed by atoms with Gasteiger partial charge < -0.3 is 15.0 Å². The second-order valence-electron chi connectivity index (χ2n) is 4.28. The van der Waals surface area contributed by atoms with E-state index in [1.165, 1.54) is 0 Å². The summed E-state index contributed by atoms with van der Waals surface area (Å²) in [5.41, 5.74) is 5.16. The lowest BCUT2D eigenvalue weighted by Crippen LogP contribution is -2.20. The molecule has 2 unspecified atom stereocenters. The van der Waals surface area contributed by atoms with Crippen molar-refractivity contribution in [2.24, 2.45) is 5.73 Å². The third-order valence-corrected chi connectivity index (χ3v) is 2.91. The fraction of sp³-hybridized carbons (Fsp3) is 0.800. The molecule has 1 saturated heterocycles. The van der Waals surface area contributed by atoms with Crippen LogP contribution in [0.1, 0.15) is 44.3 Å². The van der Waals surface area contributed by atoms with Gasteiger partial charge in [-0.05, 0) is 19.8 Å². The first-order valence-electron chi connectivity index (χ1n) is 5.34. The van der Waals surface area contributed by atoms with Gasteiger partial charge in [-0.3, -0.25) is 0 Å². The summed E-state index contributed by atoms with van der Waals surface area (Å²) in [6.45, 7) is 5.26. The van der Waals surface area contributed by atoms with Gasteiger partial charge in [0.15, 0.2) is 5.82 Å². The summed E-state index contributed by atoms with van der Waals surface area (Å²) >= 11 is 0. The minimum atomic E-state index is -0.389. The predicted octanol–water partition coefficient (Wildman–Crippen LogP) is 1.16. The van der Waals surface area contributed by atoms with E-state index in [1.807, 2.05) is 13.8 Å². The zero-order valence-electron chi connectivity index (χ0n) is 9.19. The van der Waals surface area contributed by atoms with E-state index in [0.717, 1.165) is 19.4 Å². The first kappa shape index (κ1) is 10.6. The first-order chi connectivity index (χ1) is 7.15. The molecule has 5 heteroatoms. The lowest BCUT2D eigenvalue weighted by molar-refractivity contribution is -0.00937. The van der Waals surface area contributed by atoms with Crippen LogP contribution in [0.2, 0.25) is 0 Å². The normalized spacial score (nSPS) is 28.2. The van der Waals surface area contributed by atoms with Crippen LogP contribution in [0, 0.1) is 0 Å². The molecule has 5 nitrogen and oxygen atoms in total. The van der Waals surface area contributed by atoms with Gasteiger partial charge in [-0.25, -0.2) is 0 Å². The Morgan fingerprint density at radius 2 is 2.40 bits per heavy atom. The Kier molecular flexibility index (Phi) is 2.75. The molecule has 2 atom stereocenters. The van der Waals surface area contributed by atoms with Crippen molar-refractivity contribution in [2.45, 2.75) is 38.2 Å². The first-order valence-corrected chi connectivity index (χ1v) is 5.34. The van der Waals surface area contributed by atoms with E-state index >= 15 is 0 Å². The Morgan fingerprint density at radius 1 is 1.60 bits per heavy atom. The molecular formula is C10H17N3O2. The van der Waals surface area contributed by atoms with Crippen molar-refractivity contribution in [2.75, 3.05) is 13.2 Å². The van der Waals surface area contributed by atoms with Crippen molar-refractivity contribution in [1.29, 1.82) is 0 Å². The largest absolute Gasteiger partial charge is 0.365 e. The van der Waals surface area contributed by atoms with E-state index in [1.54, 1.807) is 0 Å². The second kappa shape index (κ2) is 3.90. The third kappa shape index (κ3) is 1.89. The third-order valence-electron chi connectivity index (χ3n) is 2.91. The standard InChI is InChI=1S/C10H17N3O2/c1-7(6-11)8-12-9(15-13-8)10(2)4-3-5-14-10/h7H,3-6,11H2,1-2H3. The van der Waals surface area contributed by atoms with E-state index in [2.05, 4.69) is 10.1 Å². The predicted molar refractivity (Wildman–Crippen MR) is 54.3 cm³/mol. The molecule has 2 rings (SSSR count). The number of hydrogen-bond donors (Lipinski definition) is 1. The highest BCUT2D eigenvalue weighted by Gasteiger charge is 2.37. The van der Waals surface area contributed by atoms with E-state index in [4.69, 9.17) is 15.0 Å². The molecule has 15 heavy (non-hydrogen) atoms. The van der Waals surface area contributed by atoms with Crippen LogP contribution in [0.3, 0.4) is 0 Å². The van der Waals surface area contributed by atoms with Crippen LogP contribution in [-0.2, 0) is 10.3 Å². The van der Waals surface area contributed by atoms with Gasteiger partial charge in [0.2, 0.25) is 0 Å². The van der Waals surface area contributed by atoms with Crippen LogP contribution < -0.4 is 5.73 Å². The zero-order valence-corrected chi connectivity index (χ0v) is 9.19. The fourth-order valence-corrected chi connectivity index (χ4v) is 1.70. The van der Waals surface area contributed by atoms with Crippen molar-refractivity contribution in [3.05, 3.63) is 11.7 Å².